The lowest BCUT2D eigenvalue weighted by Gasteiger charge is -2.13. The van der Waals surface area contributed by atoms with Gasteiger partial charge < -0.3 is 0 Å². The van der Waals surface area contributed by atoms with E-state index < -0.39 is 0 Å². The van der Waals surface area contributed by atoms with E-state index in [1.165, 1.54) is 21.6 Å². The number of terminal acetylenes is 1. The highest BCUT2D eigenvalue weighted by atomic mass is 35.5. The van der Waals surface area contributed by atoms with Gasteiger partial charge in [0.05, 0.1) is 6.54 Å². The van der Waals surface area contributed by atoms with Crippen LogP contribution in [0.1, 0.15) is 29.2 Å². The molecule has 3 heteroatoms. The van der Waals surface area contributed by atoms with Gasteiger partial charge in [-0.15, -0.1) is 18.2 Å². The fourth-order valence-corrected chi connectivity index (χ4v) is 4.22. The molecule has 0 aliphatic heterocycles. The van der Waals surface area contributed by atoms with E-state index >= 15 is 0 Å². The lowest BCUT2D eigenvalue weighted by atomic mass is 10.1. The van der Waals surface area contributed by atoms with Crippen molar-refractivity contribution in [3.63, 3.8) is 0 Å². The third kappa shape index (κ3) is 3.50. The van der Waals surface area contributed by atoms with Gasteiger partial charge in [-0.1, -0.05) is 41.8 Å². The molecule has 1 aliphatic rings. The van der Waals surface area contributed by atoms with E-state index in [0.717, 1.165) is 23.6 Å². The molecule has 3 rings (SSSR count). The SMILES string of the molecule is C#CCNC1CCc2c(SCc3cccc(Cl)c3)cccc21. The van der Waals surface area contributed by atoms with Gasteiger partial charge in [-0.05, 0) is 47.7 Å². The average molecular weight is 328 g/mol. The molecule has 0 saturated heterocycles. The Balaban J connectivity index is 1.73. The number of nitrogens with one attached hydrogen (secondary N) is 1. The summed E-state index contributed by atoms with van der Waals surface area (Å²) in [4.78, 5) is 1.38. The molecule has 1 unspecified atom stereocenters. The van der Waals surface area contributed by atoms with Crippen LogP contribution in [0.15, 0.2) is 47.4 Å². The fourth-order valence-electron chi connectivity index (χ4n) is 2.94. The second kappa shape index (κ2) is 7.24. The summed E-state index contributed by atoms with van der Waals surface area (Å²) in [6.45, 7) is 0.629. The van der Waals surface area contributed by atoms with Crippen molar-refractivity contribution in [2.24, 2.45) is 0 Å². The van der Waals surface area contributed by atoms with Crippen molar-refractivity contribution >= 4 is 23.4 Å². The maximum absolute atomic E-state index is 6.05. The highest BCUT2D eigenvalue weighted by molar-refractivity contribution is 7.98. The molecule has 1 atom stereocenters. The number of fused-ring (bicyclic) bond motifs is 1. The van der Waals surface area contributed by atoms with Gasteiger partial charge in [-0.25, -0.2) is 0 Å². The van der Waals surface area contributed by atoms with Crippen LogP contribution >= 0.6 is 23.4 Å². The predicted octanol–water partition coefficient (Wildman–Crippen LogP) is 4.84. The number of hydrogen-bond acceptors (Lipinski definition) is 2. The van der Waals surface area contributed by atoms with Crippen LogP contribution in [-0.4, -0.2) is 6.54 Å². The summed E-state index contributed by atoms with van der Waals surface area (Å²) >= 11 is 7.94. The van der Waals surface area contributed by atoms with E-state index in [-0.39, 0.29) is 0 Å². The lowest BCUT2D eigenvalue weighted by Crippen LogP contribution is -2.19. The fraction of sp³-hybridized carbons (Fsp3) is 0.263. The average Bonchev–Trinajstić information content (AvgIpc) is 2.95. The van der Waals surface area contributed by atoms with Crippen molar-refractivity contribution in [2.45, 2.75) is 29.5 Å². The third-order valence-electron chi connectivity index (χ3n) is 3.96. The maximum Gasteiger partial charge on any atom is 0.0578 e. The Morgan fingerprint density at radius 3 is 2.95 bits per heavy atom. The van der Waals surface area contributed by atoms with Gasteiger partial charge in [0, 0.05) is 21.7 Å². The van der Waals surface area contributed by atoms with Crippen LogP contribution in [0.2, 0.25) is 5.02 Å². The first-order valence-electron chi connectivity index (χ1n) is 7.44. The normalized spacial score (nSPS) is 16.3. The number of benzene rings is 2. The summed E-state index contributed by atoms with van der Waals surface area (Å²) < 4.78 is 0. The van der Waals surface area contributed by atoms with Gasteiger partial charge in [0.2, 0.25) is 0 Å². The predicted molar refractivity (Wildman–Crippen MR) is 95.4 cm³/mol. The zero-order valence-electron chi connectivity index (χ0n) is 12.3. The van der Waals surface area contributed by atoms with Gasteiger partial charge in [0.1, 0.15) is 0 Å². The third-order valence-corrected chi connectivity index (χ3v) is 5.37. The largest absolute Gasteiger partial charge is 0.299 e. The highest BCUT2D eigenvalue weighted by Crippen LogP contribution is 2.38. The summed E-state index contributed by atoms with van der Waals surface area (Å²) in [5, 5.41) is 4.23. The first-order valence-corrected chi connectivity index (χ1v) is 8.80. The van der Waals surface area contributed by atoms with Crippen molar-refractivity contribution in [3.8, 4) is 12.3 Å². The van der Waals surface area contributed by atoms with Crippen molar-refractivity contribution in [1.29, 1.82) is 0 Å². The lowest BCUT2D eigenvalue weighted by molar-refractivity contribution is 0.568. The number of rotatable bonds is 5. The summed E-state index contributed by atoms with van der Waals surface area (Å²) in [5.74, 6) is 3.61. The molecule has 0 fully saturated rings. The zero-order chi connectivity index (χ0) is 15.4. The first kappa shape index (κ1) is 15.5. The smallest absolute Gasteiger partial charge is 0.0578 e. The minimum absolute atomic E-state index is 0.401. The molecule has 0 spiro atoms. The molecule has 0 saturated carbocycles. The Kier molecular flexibility index (Phi) is 5.10. The van der Waals surface area contributed by atoms with Crippen molar-refractivity contribution in [2.75, 3.05) is 6.54 Å². The second-order valence-corrected chi connectivity index (χ2v) is 6.87. The number of thioether (sulfide) groups is 1. The molecule has 2 aromatic rings. The maximum atomic E-state index is 6.05. The highest BCUT2D eigenvalue weighted by Gasteiger charge is 2.23. The van der Waals surface area contributed by atoms with E-state index in [2.05, 4.69) is 35.5 Å². The van der Waals surface area contributed by atoms with Crippen LogP contribution in [0.4, 0.5) is 0 Å². The van der Waals surface area contributed by atoms with E-state index in [1.807, 2.05) is 30.0 Å². The Morgan fingerprint density at radius 2 is 2.14 bits per heavy atom. The molecular weight excluding hydrogens is 310 g/mol. The molecule has 1 aliphatic carbocycles. The molecule has 2 aromatic carbocycles. The molecule has 112 valence electrons. The van der Waals surface area contributed by atoms with Gasteiger partial charge >= 0.3 is 0 Å². The van der Waals surface area contributed by atoms with Crippen molar-refractivity contribution < 1.29 is 0 Å². The summed E-state index contributed by atoms with van der Waals surface area (Å²) in [7, 11) is 0. The van der Waals surface area contributed by atoms with Crippen LogP contribution in [0, 0.1) is 12.3 Å². The molecular formula is C19H18ClNS. The minimum Gasteiger partial charge on any atom is -0.299 e. The Bertz CT molecular complexity index is 705. The molecule has 0 heterocycles. The Labute approximate surface area is 141 Å². The van der Waals surface area contributed by atoms with Gasteiger partial charge in [0.25, 0.3) is 0 Å². The van der Waals surface area contributed by atoms with E-state index in [0.29, 0.717) is 12.6 Å². The number of halogens is 1. The number of hydrogen-bond donors (Lipinski definition) is 1. The first-order chi connectivity index (χ1) is 10.8. The standard InChI is InChI=1S/C19H18ClNS/c1-2-11-21-18-10-9-17-16(18)7-4-8-19(17)22-13-14-5-3-6-15(20)12-14/h1,3-8,12,18,21H,9-11,13H2. The molecule has 1 N–H and O–H groups in total. The molecule has 0 aromatic heterocycles. The van der Waals surface area contributed by atoms with E-state index in [1.54, 1.807) is 0 Å². The van der Waals surface area contributed by atoms with Crippen molar-refractivity contribution in [3.05, 3.63) is 64.2 Å². The van der Waals surface area contributed by atoms with Crippen LogP contribution in [0.5, 0.6) is 0 Å². The Hall–Kier alpha value is -1.40. The van der Waals surface area contributed by atoms with E-state index in [4.69, 9.17) is 18.0 Å². The van der Waals surface area contributed by atoms with Gasteiger partial charge in [0.15, 0.2) is 0 Å². The quantitative estimate of drug-likeness (QED) is 0.623. The van der Waals surface area contributed by atoms with Crippen LogP contribution in [0.3, 0.4) is 0 Å². The van der Waals surface area contributed by atoms with Gasteiger partial charge in [-0.3, -0.25) is 5.32 Å². The summed E-state index contributed by atoms with van der Waals surface area (Å²) in [6, 6.07) is 15.1. The van der Waals surface area contributed by atoms with Gasteiger partial charge in [-0.2, -0.15) is 0 Å². The second-order valence-electron chi connectivity index (χ2n) is 5.42. The summed E-state index contributed by atoms with van der Waals surface area (Å²) in [6.07, 6.45) is 7.61. The van der Waals surface area contributed by atoms with Crippen LogP contribution < -0.4 is 5.32 Å². The van der Waals surface area contributed by atoms with E-state index in [9.17, 15) is 0 Å². The van der Waals surface area contributed by atoms with Crippen LogP contribution in [0.25, 0.3) is 0 Å². The topological polar surface area (TPSA) is 12.0 Å². The minimum atomic E-state index is 0.401. The Morgan fingerprint density at radius 1 is 1.27 bits per heavy atom. The molecule has 0 radical (unpaired) electrons. The van der Waals surface area contributed by atoms with Crippen molar-refractivity contribution in [1.82, 2.24) is 5.32 Å². The molecule has 22 heavy (non-hydrogen) atoms. The molecule has 1 nitrogen and oxygen atoms in total. The molecule has 0 bridgehead atoms. The zero-order valence-corrected chi connectivity index (χ0v) is 13.9. The molecule has 0 amide bonds. The summed E-state index contributed by atoms with van der Waals surface area (Å²) in [5.41, 5.74) is 4.14. The monoisotopic (exact) mass is 327 g/mol. The van der Waals surface area contributed by atoms with Crippen LogP contribution in [-0.2, 0) is 12.2 Å².